The van der Waals surface area contributed by atoms with Gasteiger partial charge in [-0.15, -0.1) is 12.6 Å². The van der Waals surface area contributed by atoms with Gasteiger partial charge in [-0.1, -0.05) is 0 Å². The molecule has 0 heterocycles. The molecule has 4 nitrogen and oxygen atoms in total. The average Bonchev–Trinajstić information content (AvgIpc) is 2.23. The van der Waals surface area contributed by atoms with Crippen LogP contribution in [0.15, 0.2) is 17.0 Å². The van der Waals surface area contributed by atoms with Crippen molar-refractivity contribution in [3.63, 3.8) is 0 Å². The number of aromatic hydroxyl groups is 1. The molecule has 0 amide bonds. The third-order valence-corrected chi connectivity index (χ3v) is 2.46. The van der Waals surface area contributed by atoms with Crippen molar-refractivity contribution in [3.8, 4) is 11.8 Å². The number of benzene rings is 1. The quantitative estimate of drug-likeness (QED) is 0.619. The van der Waals surface area contributed by atoms with Gasteiger partial charge in [0.1, 0.15) is 11.8 Å². The zero-order valence-electron chi connectivity index (χ0n) is 8.73. The van der Waals surface area contributed by atoms with Gasteiger partial charge in [0, 0.05) is 4.90 Å². The van der Waals surface area contributed by atoms with Crippen LogP contribution in [-0.4, -0.2) is 17.7 Å². The zero-order chi connectivity index (χ0) is 12.1. The molecule has 84 valence electrons. The number of phenolic OH excluding ortho intramolecular Hbond substituents is 1. The Morgan fingerprint density at radius 2 is 2.31 bits per heavy atom. The number of nitriles is 1. The molecule has 0 saturated heterocycles. The summed E-state index contributed by atoms with van der Waals surface area (Å²) in [5.74, 6) is -0.471. The molecule has 0 aromatic heterocycles. The fourth-order valence-electron chi connectivity index (χ4n) is 1.27. The van der Waals surface area contributed by atoms with E-state index in [9.17, 15) is 9.90 Å². The van der Waals surface area contributed by atoms with Crippen LogP contribution in [0, 0.1) is 11.3 Å². The standard InChI is InChI=1S/C11H11NO3S/c1-2-15-10(14)5-7-3-9(13)4-8(6-12)11(7)16/h3-4,13,16H,2,5H2,1H3. The number of phenols is 1. The number of hydrogen-bond acceptors (Lipinski definition) is 5. The number of nitrogens with zero attached hydrogens (tertiary/aromatic N) is 1. The Hall–Kier alpha value is -1.67. The minimum absolute atomic E-state index is 0.00421. The maximum absolute atomic E-state index is 11.3. The number of carbonyl (C=O) groups excluding carboxylic acids is 1. The average molecular weight is 237 g/mol. The summed E-state index contributed by atoms with van der Waals surface area (Å²) >= 11 is 4.14. The van der Waals surface area contributed by atoms with Crippen LogP contribution < -0.4 is 0 Å². The summed E-state index contributed by atoms with van der Waals surface area (Å²) < 4.78 is 4.78. The third-order valence-electron chi connectivity index (χ3n) is 1.93. The van der Waals surface area contributed by atoms with Gasteiger partial charge in [0.2, 0.25) is 0 Å². The second-order valence-electron chi connectivity index (χ2n) is 3.09. The molecule has 0 radical (unpaired) electrons. The number of esters is 1. The fourth-order valence-corrected chi connectivity index (χ4v) is 1.52. The van der Waals surface area contributed by atoms with Crippen LogP contribution in [-0.2, 0) is 16.0 Å². The lowest BCUT2D eigenvalue weighted by atomic mass is 10.1. The van der Waals surface area contributed by atoms with E-state index in [0.29, 0.717) is 17.1 Å². The Morgan fingerprint density at radius 1 is 1.62 bits per heavy atom. The number of thiol groups is 1. The molecule has 0 atom stereocenters. The van der Waals surface area contributed by atoms with Crippen molar-refractivity contribution in [2.45, 2.75) is 18.2 Å². The fraction of sp³-hybridized carbons (Fsp3) is 0.273. The summed E-state index contributed by atoms with van der Waals surface area (Å²) in [5, 5.41) is 18.1. The molecular formula is C11H11NO3S. The Morgan fingerprint density at radius 3 is 2.88 bits per heavy atom. The van der Waals surface area contributed by atoms with Gasteiger partial charge in [-0.3, -0.25) is 4.79 Å². The molecule has 0 spiro atoms. The monoisotopic (exact) mass is 237 g/mol. The molecule has 1 aromatic rings. The third kappa shape index (κ3) is 2.91. The van der Waals surface area contributed by atoms with Gasteiger partial charge in [-0.2, -0.15) is 5.26 Å². The lowest BCUT2D eigenvalue weighted by Crippen LogP contribution is -2.08. The van der Waals surface area contributed by atoms with Gasteiger partial charge in [0.25, 0.3) is 0 Å². The van der Waals surface area contributed by atoms with Crippen molar-refractivity contribution in [1.82, 2.24) is 0 Å². The molecule has 1 rings (SSSR count). The Bertz CT molecular complexity index is 451. The highest BCUT2D eigenvalue weighted by Gasteiger charge is 2.11. The van der Waals surface area contributed by atoms with Crippen LogP contribution in [0.1, 0.15) is 18.1 Å². The number of rotatable bonds is 3. The maximum atomic E-state index is 11.3. The maximum Gasteiger partial charge on any atom is 0.310 e. The van der Waals surface area contributed by atoms with E-state index in [1.54, 1.807) is 6.92 Å². The van der Waals surface area contributed by atoms with Crippen molar-refractivity contribution in [2.75, 3.05) is 6.61 Å². The first-order valence-electron chi connectivity index (χ1n) is 4.69. The van der Waals surface area contributed by atoms with E-state index < -0.39 is 5.97 Å². The lowest BCUT2D eigenvalue weighted by Gasteiger charge is -2.07. The largest absolute Gasteiger partial charge is 0.508 e. The second-order valence-corrected chi connectivity index (χ2v) is 3.54. The Kier molecular flexibility index (Phi) is 4.20. The molecular weight excluding hydrogens is 226 g/mol. The highest BCUT2D eigenvalue weighted by Crippen LogP contribution is 2.25. The highest BCUT2D eigenvalue weighted by molar-refractivity contribution is 7.80. The molecule has 0 aliphatic rings. The van der Waals surface area contributed by atoms with Crippen LogP contribution in [0.5, 0.6) is 5.75 Å². The first-order chi connectivity index (χ1) is 7.58. The second kappa shape index (κ2) is 5.42. The molecule has 0 aliphatic carbocycles. The van der Waals surface area contributed by atoms with Crippen LogP contribution in [0.25, 0.3) is 0 Å². The van der Waals surface area contributed by atoms with Crippen LogP contribution >= 0.6 is 12.6 Å². The normalized spacial score (nSPS) is 9.56. The molecule has 0 bridgehead atoms. The van der Waals surface area contributed by atoms with Crippen LogP contribution in [0.4, 0.5) is 0 Å². The molecule has 1 aromatic carbocycles. The molecule has 1 N–H and O–H groups in total. The van der Waals surface area contributed by atoms with Crippen LogP contribution in [0.3, 0.4) is 0 Å². The van der Waals surface area contributed by atoms with Gasteiger partial charge in [-0.05, 0) is 24.6 Å². The number of carbonyl (C=O) groups is 1. The SMILES string of the molecule is CCOC(=O)Cc1cc(O)cc(C#N)c1S. The predicted molar refractivity (Wildman–Crippen MR) is 60.4 cm³/mol. The highest BCUT2D eigenvalue weighted by atomic mass is 32.1. The lowest BCUT2D eigenvalue weighted by molar-refractivity contribution is -0.142. The Labute approximate surface area is 98.9 Å². The van der Waals surface area contributed by atoms with E-state index in [1.807, 2.05) is 6.07 Å². The summed E-state index contributed by atoms with van der Waals surface area (Å²) in [5.41, 5.74) is 0.723. The molecule has 5 heteroatoms. The van der Waals surface area contributed by atoms with Crippen molar-refractivity contribution >= 4 is 18.6 Å². The van der Waals surface area contributed by atoms with E-state index in [-0.39, 0.29) is 17.7 Å². The summed E-state index contributed by atoms with van der Waals surface area (Å²) in [6.07, 6.45) is -0.00421. The van der Waals surface area contributed by atoms with Gasteiger partial charge >= 0.3 is 5.97 Å². The van der Waals surface area contributed by atoms with Gasteiger partial charge in [-0.25, -0.2) is 0 Å². The first-order valence-corrected chi connectivity index (χ1v) is 5.13. The number of ether oxygens (including phenoxy) is 1. The van der Waals surface area contributed by atoms with Crippen molar-refractivity contribution in [1.29, 1.82) is 5.26 Å². The molecule has 0 saturated carbocycles. The van der Waals surface area contributed by atoms with Crippen molar-refractivity contribution in [3.05, 3.63) is 23.3 Å². The minimum atomic E-state index is -0.410. The van der Waals surface area contributed by atoms with E-state index in [1.165, 1.54) is 12.1 Å². The summed E-state index contributed by atoms with van der Waals surface area (Å²) in [7, 11) is 0. The Balaban J connectivity index is 3.01. The predicted octanol–water partition coefficient (Wildman–Crippen LogP) is 1.66. The summed E-state index contributed by atoms with van der Waals surface area (Å²) in [6, 6.07) is 4.60. The van der Waals surface area contributed by atoms with Crippen LogP contribution in [0.2, 0.25) is 0 Å². The van der Waals surface area contributed by atoms with Crippen molar-refractivity contribution < 1.29 is 14.6 Å². The van der Waals surface area contributed by atoms with Gasteiger partial charge < -0.3 is 9.84 Å². The first kappa shape index (κ1) is 12.4. The zero-order valence-corrected chi connectivity index (χ0v) is 9.62. The molecule has 0 aliphatic heterocycles. The van der Waals surface area contributed by atoms with E-state index in [0.717, 1.165) is 0 Å². The smallest absolute Gasteiger partial charge is 0.310 e. The van der Waals surface area contributed by atoms with Gasteiger partial charge in [0.05, 0.1) is 18.6 Å². The van der Waals surface area contributed by atoms with E-state index in [4.69, 9.17) is 10.00 Å². The molecule has 16 heavy (non-hydrogen) atoms. The van der Waals surface area contributed by atoms with Crippen molar-refractivity contribution in [2.24, 2.45) is 0 Å². The van der Waals surface area contributed by atoms with Gasteiger partial charge in [0.15, 0.2) is 0 Å². The van der Waals surface area contributed by atoms with E-state index in [2.05, 4.69) is 12.6 Å². The molecule has 0 unspecified atom stereocenters. The minimum Gasteiger partial charge on any atom is -0.508 e. The molecule has 0 fully saturated rings. The topological polar surface area (TPSA) is 70.3 Å². The van der Waals surface area contributed by atoms with E-state index >= 15 is 0 Å². The summed E-state index contributed by atoms with van der Waals surface area (Å²) in [6.45, 7) is 2.01. The number of hydrogen-bond donors (Lipinski definition) is 2. The summed E-state index contributed by atoms with van der Waals surface area (Å²) in [4.78, 5) is 11.7.